The number of benzene rings is 1. The minimum absolute atomic E-state index is 0.299. The van der Waals surface area contributed by atoms with Gasteiger partial charge in [-0.25, -0.2) is 4.39 Å². The van der Waals surface area contributed by atoms with E-state index in [-0.39, 0.29) is 11.9 Å². The lowest BCUT2D eigenvalue weighted by atomic mass is 10.1. The Labute approximate surface area is 101 Å². The van der Waals surface area contributed by atoms with Gasteiger partial charge in [-0.3, -0.25) is 0 Å². The highest BCUT2D eigenvalue weighted by molar-refractivity contribution is 5.30. The van der Waals surface area contributed by atoms with Crippen molar-refractivity contribution >= 4 is 0 Å². The highest BCUT2D eigenvalue weighted by atomic mass is 19.1. The van der Waals surface area contributed by atoms with E-state index in [1.165, 1.54) is 6.07 Å². The second-order valence-corrected chi connectivity index (χ2v) is 4.51. The first-order valence-corrected chi connectivity index (χ1v) is 5.92. The van der Waals surface area contributed by atoms with E-state index in [0.717, 1.165) is 19.6 Å². The molecule has 94 valence electrons. The molecule has 3 nitrogen and oxygen atoms in total. The molecule has 0 aromatic heterocycles. The Morgan fingerprint density at radius 1 is 1.59 bits per heavy atom. The Hall–Kier alpha value is -1.13. The van der Waals surface area contributed by atoms with E-state index >= 15 is 0 Å². The minimum atomic E-state index is -0.305. The number of hydrogen-bond donors (Lipinski definition) is 1. The van der Waals surface area contributed by atoms with Crippen molar-refractivity contribution in [1.82, 2.24) is 0 Å². The summed E-state index contributed by atoms with van der Waals surface area (Å²) < 4.78 is 24.4. The normalized spacial score (nSPS) is 21.5. The van der Waals surface area contributed by atoms with Gasteiger partial charge in [-0.05, 0) is 19.4 Å². The third kappa shape index (κ3) is 3.17. The summed E-state index contributed by atoms with van der Waals surface area (Å²) in [5.74, 6) is 0.671. The Kier molecular flexibility index (Phi) is 3.97. The Balaban J connectivity index is 1.94. The molecular weight excluding hydrogens is 221 g/mol. The highest BCUT2D eigenvalue weighted by Gasteiger charge is 2.16. The summed E-state index contributed by atoms with van der Waals surface area (Å²) in [5, 5.41) is 0. The predicted octanol–water partition coefficient (Wildman–Crippen LogP) is 2.26. The third-order valence-corrected chi connectivity index (χ3v) is 2.97. The van der Waals surface area contributed by atoms with Gasteiger partial charge in [0.05, 0.1) is 13.2 Å². The Bertz CT molecular complexity index is 376. The van der Waals surface area contributed by atoms with E-state index in [1.807, 2.05) is 0 Å². The van der Waals surface area contributed by atoms with Gasteiger partial charge >= 0.3 is 0 Å². The smallest absolute Gasteiger partial charge is 0.131 e. The molecule has 1 fully saturated rings. The molecule has 2 rings (SSSR count). The highest BCUT2D eigenvalue weighted by Crippen LogP contribution is 2.22. The van der Waals surface area contributed by atoms with Crippen LogP contribution in [0.3, 0.4) is 0 Å². The molecule has 1 aliphatic heterocycles. The van der Waals surface area contributed by atoms with Crippen molar-refractivity contribution in [2.45, 2.75) is 19.4 Å². The van der Waals surface area contributed by atoms with E-state index in [4.69, 9.17) is 15.2 Å². The average molecular weight is 239 g/mol. The zero-order valence-electron chi connectivity index (χ0n) is 9.99. The fourth-order valence-electron chi connectivity index (χ4n) is 1.90. The first-order valence-electron chi connectivity index (χ1n) is 5.92. The molecule has 0 saturated carbocycles. The summed E-state index contributed by atoms with van der Waals surface area (Å²) in [7, 11) is 0. The zero-order valence-corrected chi connectivity index (χ0v) is 9.99. The zero-order chi connectivity index (χ0) is 12.3. The van der Waals surface area contributed by atoms with Gasteiger partial charge in [0, 0.05) is 30.2 Å². The van der Waals surface area contributed by atoms with Gasteiger partial charge in [0.15, 0.2) is 0 Å². The molecule has 1 unspecified atom stereocenters. The Morgan fingerprint density at radius 3 is 3.00 bits per heavy atom. The molecule has 4 heteroatoms. The third-order valence-electron chi connectivity index (χ3n) is 2.97. The summed E-state index contributed by atoms with van der Waals surface area (Å²) in [6, 6.07) is 4.54. The van der Waals surface area contributed by atoms with Crippen molar-refractivity contribution in [3.05, 3.63) is 29.6 Å². The molecule has 2 N–H and O–H groups in total. The monoisotopic (exact) mass is 239 g/mol. The van der Waals surface area contributed by atoms with Crippen LogP contribution in [0.5, 0.6) is 5.75 Å². The van der Waals surface area contributed by atoms with E-state index in [9.17, 15) is 4.39 Å². The molecule has 0 aliphatic carbocycles. The van der Waals surface area contributed by atoms with Gasteiger partial charge in [-0.15, -0.1) is 0 Å². The van der Waals surface area contributed by atoms with Gasteiger partial charge in [-0.1, -0.05) is 6.07 Å². The second-order valence-electron chi connectivity index (χ2n) is 4.51. The summed E-state index contributed by atoms with van der Waals surface area (Å²) in [6.07, 6.45) is 1.01. The molecule has 0 amide bonds. The summed E-state index contributed by atoms with van der Waals surface area (Å²) in [5.41, 5.74) is 6.16. The van der Waals surface area contributed by atoms with Crippen molar-refractivity contribution < 1.29 is 13.9 Å². The lowest BCUT2D eigenvalue weighted by Gasteiger charge is -2.12. The van der Waals surface area contributed by atoms with Crippen LogP contribution in [0.2, 0.25) is 0 Å². The maximum absolute atomic E-state index is 13.6. The molecule has 0 spiro atoms. The molecule has 17 heavy (non-hydrogen) atoms. The SMILES string of the molecule is C[C@H](N)c1ccc(OCC2CCOC2)cc1F. The molecule has 2 atom stereocenters. The van der Waals surface area contributed by atoms with Gasteiger partial charge in [0.25, 0.3) is 0 Å². The van der Waals surface area contributed by atoms with Crippen LogP contribution >= 0.6 is 0 Å². The van der Waals surface area contributed by atoms with Crippen LogP contribution in [0.1, 0.15) is 24.9 Å². The fraction of sp³-hybridized carbons (Fsp3) is 0.538. The van der Waals surface area contributed by atoms with Gasteiger partial charge < -0.3 is 15.2 Å². The minimum Gasteiger partial charge on any atom is -0.493 e. The van der Waals surface area contributed by atoms with E-state index in [1.54, 1.807) is 19.1 Å². The summed E-state index contributed by atoms with van der Waals surface area (Å²) in [6.45, 7) is 3.87. The number of halogens is 1. The number of ether oxygens (including phenoxy) is 2. The number of nitrogens with two attached hydrogens (primary N) is 1. The van der Waals surface area contributed by atoms with Crippen molar-refractivity contribution in [3.63, 3.8) is 0 Å². The van der Waals surface area contributed by atoms with E-state index in [0.29, 0.717) is 23.8 Å². The van der Waals surface area contributed by atoms with Crippen LogP contribution in [-0.4, -0.2) is 19.8 Å². The average Bonchev–Trinajstić information content (AvgIpc) is 2.78. The van der Waals surface area contributed by atoms with Crippen molar-refractivity contribution in [2.24, 2.45) is 11.7 Å². The second kappa shape index (κ2) is 5.47. The molecule has 1 saturated heterocycles. The van der Waals surface area contributed by atoms with Crippen LogP contribution in [0, 0.1) is 11.7 Å². The van der Waals surface area contributed by atoms with Crippen molar-refractivity contribution in [1.29, 1.82) is 0 Å². The molecular formula is C13H18FNO2. The number of rotatable bonds is 4. The van der Waals surface area contributed by atoms with Gasteiger partial charge in [0.2, 0.25) is 0 Å². The van der Waals surface area contributed by atoms with Crippen LogP contribution in [0.25, 0.3) is 0 Å². The lowest BCUT2D eigenvalue weighted by Crippen LogP contribution is -2.12. The molecule has 0 bridgehead atoms. The maximum atomic E-state index is 13.6. The van der Waals surface area contributed by atoms with Crippen molar-refractivity contribution in [2.75, 3.05) is 19.8 Å². The first kappa shape index (κ1) is 12.3. The molecule has 0 radical (unpaired) electrons. The van der Waals surface area contributed by atoms with Gasteiger partial charge in [-0.2, -0.15) is 0 Å². The molecule has 1 aromatic rings. The first-order chi connectivity index (χ1) is 8.16. The maximum Gasteiger partial charge on any atom is 0.131 e. The predicted molar refractivity (Wildman–Crippen MR) is 63.4 cm³/mol. The van der Waals surface area contributed by atoms with Crippen molar-refractivity contribution in [3.8, 4) is 5.75 Å². The van der Waals surface area contributed by atoms with E-state index in [2.05, 4.69) is 0 Å². The van der Waals surface area contributed by atoms with Crippen LogP contribution in [-0.2, 0) is 4.74 Å². The number of hydrogen-bond acceptors (Lipinski definition) is 3. The van der Waals surface area contributed by atoms with Crippen LogP contribution in [0.15, 0.2) is 18.2 Å². The molecule has 1 aliphatic rings. The Morgan fingerprint density at radius 2 is 2.41 bits per heavy atom. The topological polar surface area (TPSA) is 44.5 Å². The van der Waals surface area contributed by atoms with Gasteiger partial charge in [0.1, 0.15) is 11.6 Å². The quantitative estimate of drug-likeness (QED) is 0.876. The fourth-order valence-corrected chi connectivity index (χ4v) is 1.90. The lowest BCUT2D eigenvalue weighted by molar-refractivity contribution is 0.167. The molecule has 1 heterocycles. The van der Waals surface area contributed by atoms with Crippen LogP contribution < -0.4 is 10.5 Å². The largest absolute Gasteiger partial charge is 0.493 e. The summed E-state index contributed by atoms with van der Waals surface area (Å²) >= 11 is 0. The van der Waals surface area contributed by atoms with E-state index < -0.39 is 0 Å². The summed E-state index contributed by atoms with van der Waals surface area (Å²) in [4.78, 5) is 0. The standard InChI is InChI=1S/C13H18FNO2/c1-9(15)12-3-2-11(6-13(12)14)17-8-10-4-5-16-7-10/h2-3,6,9-10H,4-5,7-8,15H2,1H3/t9-,10?/m0/s1. The molecule has 1 aromatic carbocycles. The van der Waals surface area contributed by atoms with Crippen LogP contribution in [0.4, 0.5) is 4.39 Å².